The summed E-state index contributed by atoms with van der Waals surface area (Å²) in [6.07, 6.45) is 5.03. The van der Waals surface area contributed by atoms with Crippen molar-refractivity contribution in [1.82, 2.24) is 15.5 Å². The largest absolute Gasteiger partial charge is 0.352 e. The molecule has 3 aliphatic rings. The Labute approximate surface area is 182 Å². The molecule has 162 valence electrons. The number of rotatable bonds is 5. The monoisotopic (exact) mass is 419 g/mol. The van der Waals surface area contributed by atoms with Crippen LogP contribution in [0.15, 0.2) is 42.5 Å². The van der Waals surface area contributed by atoms with Crippen molar-refractivity contribution in [2.75, 3.05) is 6.54 Å². The van der Waals surface area contributed by atoms with Crippen molar-refractivity contribution in [2.45, 2.75) is 51.1 Å². The van der Waals surface area contributed by atoms with Crippen molar-refractivity contribution in [3.8, 4) is 0 Å². The minimum Gasteiger partial charge on any atom is -0.352 e. The lowest BCUT2D eigenvalue weighted by atomic mass is 9.84. The van der Waals surface area contributed by atoms with Gasteiger partial charge < -0.3 is 10.6 Å². The van der Waals surface area contributed by atoms with Crippen LogP contribution in [0.3, 0.4) is 0 Å². The third kappa shape index (κ3) is 3.38. The lowest BCUT2D eigenvalue weighted by Gasteiger charge is -2.29. The minimum absolute atomic E-state index is 0.0652. The number of nitrogens with zero attached hydrogens (tertiary/aromatic N) is 1. The van der Waals surface area contributed by atoms with Gasteiger partial charge in [0.15, 0.2) is 0 Å². The lowest BCUT2D eigenvalue weighted by Crippen LogP contribution is -2.47. The van der Waals surface area contributed by atoms with Crippen molar-refractivity contribution >= 4 is 28.6 Å². The number of fused-ring (bicyclic) bond motifs is 3. The lowest BCUT2D eigenvalue weighted by molar-refractivity contribution is -0.135. The summed E-state index contributed by atoms with van der Waals surface area (Å²) in [5, 5.41) is 7.92. The maximum atomic E-state index is 13.2. The summed E-state index contributed by atoms with van der Waals surface area (Å²) < 4.78 is 0. The van der Waals surface area contributed by atoms with Gasteiger partial charge in [-0.15, -0.1) is 0 Å². The van der Waals surface area contributed by atoms with E-state index in [1.807, 2.05) is 49.4 Å². The SMILES string of the molecule is C[C@H](NC(=O)CN1C(=O)N[C@](C)(c2ccc3ccccc3c2)C1=O)[C@@H]1C[C@H]2CC[C@H]1C2. The van der Waals surface area contributed by atoms with Crippen LogP contribution in [-0.4, -0.2) is 35.3 Å². The van der Waals surface area contributed by atoms with E-state index in [9.17, 15) is 14.4 Å². The summed E-state index contributed by atoms with van der Waals surface area (Å²) in [6.45, 7) is 3.50. The Morgan fingerprint density at radius 3 is 2.65 bits per heavy atom. The second kappa shape index (κ2) is 7.36. The van der Waals surface area contributed by atoms with E-state index in [1.54, 1.807) is 6.92 Å². The van der Waals surface area contributed by atoms with Crippen molar-refractivity contribution in [1.29, 1.82) is 0 Å². The molecule has 1 saturated heterocycles. The molecule has 1 heterocycles. The molecule has 2 aliphatic carbocycles. The molecule has 0 unspecified atom stereocenters. The van der Waals surface area contributed by atoms with Gasteiger partial charge in [-0.1, -0.05) is 42.8 Å². The zero-order valence-corrected chi connectivity index (χ0v) is 18.1. The van der Waals surface area contributed by atoms with E-state index in [0.717, 1.165) is 21.6 Å². The molecule has 2 bridgehead atoms. The van der Waals surface area contributed by atoms with Gasteiger partial charge in [0.05, 0.1) is 0 Å². The number of carbonyl (C=O) groups excluding carboxylic acids is 3. The van der Waals surface area contributed by atoms with E-state index in [-0.39, 0.29) is 18.5 Å². The van der Waals surface area contributed by atoms with E-state index >= 15 is 0 Å². The van der Waals surface area contributed by atoms with E-state index in [2.05, 4.69) is 10.6 Å². The summed E-state index contributed by atoms with van der Waals surface area (Å²) in [5.74, 6) is 1.35. The van der Waals surface area contributed by atoms with E-state index < -0.39 is 17.5 Å². The van der Waals surface area contributed by atoms with Gasteiger partial charge in [-0.25, -0.2) is 4.79 Å². The van der Waals surface area contributed by atoms with Crippen LogP contribution < -0.4 is 10.6 Å². The number of carbonyl (C=O) groups is 3. The predicted molar refractivity (Wildman–Crippen MR) is 118 cm³/mol. The Bertz CT molecular complexity index is 1070. The Balaban J connectivity index is 1.28. The number of amides is 4. The van der Waals surface area contributed by atoms with Crippen LogP contribution in [0.4, 0.5) is 4.79 Å². The first kappa shape index (κ1) is 20.0. The van der Waals surface area contributed by atoms with Gasteiger partial charge in [-0.3, -0.25) is 14.5 Å². The average Bonchev–Trinajstić information content (AvgIpc) is 3.45. The Kier molecular flexibility index (Phi) is 4.76. The fourth-order valence-electron chi connectivity index (χ4n) is 5.99. The number of imide groups is 1. The van der Waals surface area contributed by atoms with E-state index in [4.69, 9.17) is 0 Å². The average molecular weight is 420 g/mol. The Morgan fingerprint density at radius 1 is 1.16 bits per heavy atom. The predicted octanol–water partition coefficient (Wildman–Crippen LogP) is 3.55. The molecule has 4 amide bonds. The Hall–Kier alpha value is -2.89. The number of benzene rings is 2. The standard InChI is InChI=1S/C25H29N3O3/c1-15(21-12-16-7-8-19(21)11-16)26-22(29)14-28-23(30)25(2,27-24(28)31)20-10-9-17-5-3-4-6-18(17)13-20/h3-6,9-10,13,15-16,19,21H,7-8,11-12,14H2,1-2H3,(H,26,29)(H,27,31)/t15-,16-,19-,21-,25+/m0/s1. The molecule has 0 aromatic heterocycles. The molecule has 2 aromatic carbocycles. The zero-order chi connectivity index (χ0) is 21.8. The summed E-state index contributed by atoms with van der Waals surface area (Å²) in [4.78, 5) is 39.6. The van der Waals surface area contributed by atoms with Crippen LogP contribution in [0.25, 0.3) is 10.8 Å². The zero-order valence-electron chi connectivity index (χ0n) is 18.1. The first-order valence-corrected chi connectivity index (χ1v) is 11.3. The summed E-state index contributed by atoms with van der Waals surface area (Å²) in [5.41, 5.74) is -0.472. The molecule has 0 spiro atoms. The summed E-state index contributed by atoms with van der Waals surface area (Å²) in [7, 11) is 0. The normalized spacial score (nSPS) is 30.6. The molecule has 6 nitrogen and oxygen atoms in total. The minimum atomic E-state index is -1.18. The van der Waals surface area contributed by atoms with Crippen LogP contribution in [0, 0.1) is 17.8 Å². The number of nitrogens with one attached hydrogen (secondary N) is 2. The Morgan fingerprint density at radius 2 is 1.94 bits per heavy atom. The van der Waals surface area contributed by atoms with Crippen molar-refractivity contribution in [3.05, 3.63) is 48.0 Å². The third-order valence-electron chi connectivity index (χ3n) is 7.73. The number of hydrogen-bond acceptors (Lipinski definition) is 3. The molecule has 31 heavy (non-hydrogen) atoms. The first-order chi connectivity index (χ1) is 14.8. The van der Waals surface area contributed by atoms with Gasteiger partial charge in [0.2, 0.25) is 5.91 Å². The van der Waals surface area contributed by atoms with Crippen molar-refractivity contribution < 1.29 is 14.4 Å². The fraction of sp³-hybridized carbons (Fsp3) is 0.480. The highest BCUT2D eigenvalue weighted by molar-refractivity contribution is 6.09. The quantitative estimate of drug-likeness (QED) is 0.728. The van der Waals surface area contributed by atoms with E-state index in [0.29, 0.717) is 17.4 Å². The van der Waals surface area contributed by atoms with Crippen LogP contribution in [0.1, 0.15) is 45.1 Å². The highest BCUT2D eigenvalue weighted by atomic mass is 16.2. The fourth-order valence-corrected chi connectivity index (χ4v) is 5.99. The van der Waals surface area contributed by atoms with Gasteiger partial charge in [0.1, 0.15) is 12.1 Å². The molecular formula is C25H29N3O3. The second-order valence-electron chi connectivity index (χ2n) is 9.70. The molecule has 0 radical (unpaired) electrons. The van der Waals surface area contributed by atoms with Gasteiger partial charge in [-0.05, 0) is 73.3 Å². The van der Waals surface area contributed by atoms with Gasteiger partial charge in [0, 0.05) is 6.04 Å². The second-order valence-corrected chi connectivity index (χ2v) is 9.70. The van der Waals surface area contributed by atoms with Crippen molar-refractivity contribution in [3.63, 3.8) is 0 Å². The summed E-state index contributed by atoms with van der Waals surface area (Å²) in [6, 6.07) is 13.2. The molecule has 3 fully saturated rings. The molecule has 2 N–H and O–H groups in total. The molecule has 6 heteroatoms. The molecule has 1 aliphatic heterocycles. The molecule has 2 saturated carbocycles. The maximum Gasteiger partial charge on any atom is 0.325 e. The summed E-state index contributed by atoms with van der Waals surface area (Å²) >= 11 is 0. The maximum absolute atomic E-state index is 13.2. The van der Waals surface area contributed by atoms with E-state index in [1.165, 1.54) is 25.7 Å². The van der Waals surface area contributed by atoms with Gasteiger partial charge >= 0.3 is 6.03 Å². The van der Waals surface area contributed by atoms with Crippen LogP contribution in [-0.2, 0) is 15.1 Å². The molecule has 5 rings (SSSR count). The first-order valence-electron chi connectivity index (χ1n) is 11.3. The highest BCUT2D eigenvalue weighted by Crippen LogP contribution is 2.49. The molecule has 2 aromatic rings. The van der Waals surface area contributed by atoms with Crippen molar-refractivity contribution in [2.24, 2.45) is 17.8 Å². The van der Waals surface area contributed by atoms with Crippen LogP contribution >= 0.6 is 0 Å². The van der Waals surface area contributed by atoms with Crippen LogP contribution in [0.5, 0.6) is 0 Å². The third-order valence-corrected chi connectivity index (χ3v) is 7.73. The smallest absolute Gasteiger partial charge is 0.325 e. The number of hydrogen-bond donors (Lipinski definition) is 2. The number of urea groups is 1. The van der Waals surface area contributed by atoms with Gasteiger partial charge in [0.25, 0.3) is 5.91 Å². The topological polar surface area (TPSA) is 78.5 Å². The molecular weight excluding hydrogens is 390 g/mol. The molecule has 5 atom stereocenters. The van der Waals surface area contributed by atoms with Crippen LogP contribution in [0.2, 0.25) is 0 Å². The highest BCUT2D eigenvalue weighted by Gasteiger charge is 2.50. The van der Waals surface area contributed by atoms with Gasteiger partial charge in [-0.2, -0.15) is 0 Å².